The molecule has 1 fully saturated rings. The van der Waals surface area contributed by atoms with Crippen LogP contribution in [0, 0.1) is 11.7 Å². The van der Waals surface area contributed by atoms with Gasteiger partial charge in [-0.05, 0) is 55.5 Å². The Balaban J connectivity index is 1.52. The molecule has 0 saturated carbocycles. The fraction of sp³-hybridized carbons (Fsp3) is 0.455. The van der Waals surface area contributed by atoms with Crippen LogP contribution in [0.2, 0.25) is 0 Å². The van der Waals surface area contributed by atoms with E-state index >= 15 is 0 Å². The SMILES string of the molecule is CN(C[C@H]1CCCN(CCc2ccc(F)cc2)C1)C(=O)c1ccc(=O)n(C)c1. The van der Waals surface area contributed by atoms with E-state index in [0.717, 1.165) is 44.5 Å². The summed E-state index contributed by atoms with van der Waals surface area (Å²) in [7, 11) is 3.48. The molecule has 0 unspecified atom stereocenters. The second kappa shape index (κ2) is 9.15. The van der Waals surface area contributed by atoms with Gasteiger partial charge in [0.2, 0.25) is 5.56 Å². The van der Waals surface area contributed by atoms with E-state index in [1.54, 1.807) is 24.2 Å². The molecule has 0 N–H and O–H groups in total. The van der Waals surface area contributed by atoms with Crippen LogP contribution in [0.5, 0.6) is 0 Å². The minimum Gasteiger partial charge on any atom is -0.341 e. The highest BCUT2D eigenvalue weighted by atomic mass is 19.1. The van der Waals surface area contributed by atoms with E-state index < -0.39 is 0 Å². The molecule has 1 aromatic carbocycles. The summed E-state index contributed by atoms with van der Waals surface area (Å²) >= 11 is 0. The molecule has 150 valence electrons. The van der Waals surface area contributed by atoms with Crippen LogP contribution in [0.25, 0.3) is 0 Å². The van der Waals surface area contributed by atoms with Crippen molar-refractivity contribution in [1.29, 1.82) is 0 Å². The zero-order chi connectivity index (χ0) is 20.1. The summed E-state index contributed by atoms with van der Waals surface area (Å²) < 4.78 is 14.5. The lowest BCUT2D eigenvalue weighted by molar-refractivity contribution is 0.0729. The quantitative estimate of drug-likeness (QED) is 0.768. The van der Waals surface area contributed by atoms with Gasteiger partial charge in [-0.2, -0.15) is 0 Å². The lowest BCUT2D eigenvalue weighted by atomic mass is 9.97. The molecule has 2 aromatic rings. The number of likely N-dealkylation sites (tertiary alicyclic amines) is 1. The first-order valence-corrected chi connectivity index (χ1v) is 9.81. The minimum absolute atomic E-state index is 0.0564. The lowest BCUT2D eigenvalue weighted by Gasteiger charge is -2.34. The number of nitrogens with zero attached hydrogens (tertiary/aromatic N) is 3. The van der Waals surface area contributed by atoms with Crippen LogP contribution in [0.1, 0.15) is 28.8 Å². The molecule has 0 bridgehead atoms. The molecule has 0 radical (unpaired) electrons. The molecule has 1 amide bonds. The van der Waals surface area contributed by atoms with Crippen LogP contribution < -0.4 is 5.56 Å². The van der Waals surface area contributed by atoms with Gasteiger partial charge in [0.05, 0.1) is 5.56 Å². The third-order valence-electron chi connectivity index (χ3n) is 5.44. The van der Waals surface area contributed by atoms with Gasteiger partial charge in [-0.1, -0.05) is 12.1 Å². The fourth-order valence-corrected chi connectivity index (χ4v) is 3.85. The van der Waals surface area contributed by atoms with Crippen molar-refractivity contribution in [1.82, 2.24) is 14.4 Å². The number of carbonyl (C=O) groups excluding carboxylic acids is 1. The van der Waals surface area contributed by atoms with Crippen molar-refractivity contribution in [3.8, 4) is 0 Å². The second-order valence-electron chi connectivity index (χ2n) is 7.74. The molecule has 28 heavy (non-hydrogen) atoms. The van der Waals surface area contributed by atoms with Crippen molar-refractivity contribution in [2.24, 2.45) is 13.0 Å². The van der Waals surface area contributed by atoms with Gasteiger partial charge in [-0.3, -0.25) is 9.59 Å². The molecule has 3 rings (SSSR count). The van der Waals surface area contributed by atoms with E-state index in [0.29, 0.717) is 18.0 Å². The smallest absolute Gasteiger partial charge is 0.255 e. The first-order chi connectivity index (χ1) is 13.4. The number of piperidine rings is 1. The molecule has 1 aromatic heterocycles. The summed E-state index contributed by atoms with van der Waals surface area (Å²) in [6.07, 6.45) is 4.73. The second-order valence-corrected chi connectivity index (χ2v) is 7.74. The standard InChI is InChI=1S/C22H28FN3O2/c1-24-16-19(7-10-21(24)27)22(28)25(2)14-18-4-3-12-26(15-18)13-11-17-5-8-20(23)9-6-17/h5-10,16,18H,3-4,11-15H2,1-2H3/t18-/m1/s1. The van der Waals surface area contributed by atoms with Crippen LogP contribution in [0.3, 0.4) is 0 Å². The van der Waals surface area contributed by atoms with Gasteiger partial charge < -0.3 is 14.4 Å². The maximum atomic E-state index is 13.0. The van der Waals surface area contributed by atoms with Gasteiger partial charge in [0.25, 0.3) is 5.91 Å². The third-order valence-corrected chi connectivity index (χ3v) is 5.44. The molecule has 5 nitrogen and oxygen atoms in total. The number of aromatic nitrogens is 1. The number of amides is 1. The highest BCUT2D eigenvalue weighted by Gasteiger charge is 2.23. The molecule has 1 saturated heterocycles. The average Bonchev–Trinajstić information content (AvgIpc) is 2.69. The first-order valence-electron chi connectivity index (χ1n) is 9.81. The number of benzene rings is 1. The van der Waals surface area contributed by atoms with E-state index in [9.17, 15) is 14.0 Å². The molecule has 1 atom stereocenters. The van der Waals surface area contributed by atoms with Gasteiger partial charge >= 0.3 is 0 Å². The van der Waals surface area contributed by atoms with Crippen molar-refractivity contribution in [2.75, 3.05) is 33.2 Å². The Kier molecular flexibility index (Phi) is 6.62. The number of hydrogen-bond donors (Lipinski definition) is 0. The molecular weight excluding hydrogens is 357 g/mol. The highest BCUT2D eigenvalue weighted by molar-refractivity contribution is 5.93. The Morgan fingerprint density at radius 3 is 2.68 bits per heavy atom. The molecule has 0 aliphatic carbocycles. The van der Waals surface area contributed by atoms with Gasteiger partial charge in [0.1, 0.15) is 5.82 Å². The summed E-state index contributed by atoms with van der Waals surface area (Å²) in [5.41, 5.74) is 1.56. The van der Waals surface area contributed by atoms with Crippen LogP contribution in [0.15, 0.2) is 47.4 Å². The molecular formula is C22H28FN3O2. The van der Waals surface area contributed by atoms with Crippen LogP contribution >= 0.6 is 0 Å². The molecule has 1 aliphatic heterocycles. The summed E-state index contributed by atoms with van der Waals surface area (Å²) in [4.78, 5) is 28.4. The minimum atomic E-state index is -0.201. The van der Waals surface area contributed by atoms with Crippen molar-refractivity contribution >= 4 is 5.91 Å². The van der Waals surface area contributed by atoms with Crippen molar-refractivity contribution in [3.63, 3.8) is 0 Å². The summed E-state index contributed by atoms with van der Waals surface area (Å²) in [6.45, 7) is 3.68. The topological polar surface area (TPSA) is 45.6 Å². The van der Waals surface area contributed by atoms with E-state index in [1.807, 2.05) is 19.2 Å². The molecule has 2 heterocycles. The normalized spacial score (nSPS) is 17.5. The van der Waals surface area contributed by atoms with Gasteiger partial charge in [-0.15, -0.1) is 0 Å². The number of halogens is 1. The fourth-order valence-electron chi connectivity index (χ4n) is 3.85. The van der Waals surface area contributed by atoms with Crippen molar-refractivity contribution in [3.05, 3.63) is 69.9 Å². The van der Waals surface area contributed by atoms with Crippen LogP contribution in [-0.4, -0.2) is 53.5 Å². The summed E-state index contributed by atoms with van der Waals surface area (Å²) in [6, 6.07) is 9.73. The number of pyridine rings is 1. The Bertz CT molecular complexity index is 863. The van der Waals surface area contributed by atoms with Gasteiger partial charge in [-0.25, -0.2) is 4.39 Å². The average molecular weight is 385 g/mol. The number of rotatable bonds is 6. The largest absolute Gasteiger partial charge is 0.341 e. The molecule has 1 aliphatic rings. The summed E-state index contributed by atoms with van der Waals surface area (Å²) in [5, 5.41) is 0. The maximum Gasteiger partial charge on any atom is 0.255 e. The van der Waals surface area contributed by atoms with E-state index in [1.165, 1.54) is 22.8 Å². The summed E-state index contributed by atoms with van der Waals surface area (Å²) in [5.74, 6) is 0.176. The lowest BCUT2D eigenvalue weighted by Crippen LogP contribution is -2.42. The zero-order valence-electron chi connectivity index (χ0n) is 16.6. The van der Waals surface area contributed by atoms with Gasteiger partial charge in [0.15, 0.2) is 0 Å². The Morgan fingerprint density at radius 2 is 1.96 bits per heavy atom. The van der Waals surface area contributed by atoms with E-state index in [-0.39, 0.29) is 17.3 Å². The molecule has 0 spiro atoms. The maximum absolute atomic E-state index is 13.0. The number of hydrogen-bond acceptors (Lipinski definition) is 3. The monoisotopic (exact) mass is 385 g/mol. The Labute approximate surface area is 165 Å². The predicted octanol–water partition coefficient (Wildman–Crippen LogP) is 2.55. The predicted molar refractivity (Wildman–Crippen MR) is 108 cm³/mol. The zero-order valence-corrected chi connectivity index (χ0v) is 16.6. The Hall–Kier alpha value is -2.47. The Morgan fingerprint density at radius 1 is 1.21 bits per heavy atom. The highest BCUT2D eigenvalue weighted by Crippen LogP contribution is 2.18. The molecule has 6 heteroatoms. The van der Waals surface area contributed by atoms with E-state index in [2.05, 4.69) is 4.90 Å². The number of carbonyl (C=O) groups is 1. The van der Waals surface area contributed by atoms with Crippen molar-refractivity contribution < 1.29 is 9.18 Å². The third kappa shape index (κ3) is 5.29. The van der Waals surface area contributed by atoms with Crippen molar-refractivity contribution in [2.45, 2.75) is 19.3 Å². The van der Waals surface area contributed by atoms with Gasteiger partial charge in [0, 0.05) is 46.0 Å². The van der Waals surface area contributed by atoms with E-state index in [4.69, 9.17) is 0 Å². The number of aryl methyl sites for hydroxylation is 1. The first kappa shape index (κ1) is 20.3. The van der Waals surface area contributed by atoms with Crippen LogP contribution in [-0.2, 0) is 13.5 Å². The van der Waals surface area contributed by atoms with Crippen LogP contribution in [0.4, 0.5) is 4.39 Å².